The van der Waals surface area contributed by atoms with E-state index in [2.05, 4.69) is 50.2 Å². The van der Waals surface area contributed by atoms with Gasteiger partial charge in [-0.1, -0.05) is 54.4 Å². The van der Waals surface area contributed by atoms with E-state index < -0.39 is 6.10 Å². The average molecular weight is 266 g/mol. The first-order valence-corrected chi connectivity index (χ1v) is 7.50. The molecule has 1 saturated carbocycles. The predicted octanol–water partition coefficient (Wildman–Crippen LogP) is 4.65. The van der Waals surface area contributed by atoms with Gasteiger partial charge in [-0.25, -0.2) is 0 Å². The van der Waals surface area contributed by atoms with Crippen LogP contribution in [-0.2, 0) is 0 Å². The predicted molar refractivity (Wildman–Crippen MR) is 83.0 cm³/mol. The summed E-state index contributed by atoms with van der Waals surface area (Å²) in [5, 5.41) is 10.7. The number of hydrogen-bond acceptors (Lipinski definition) is 1. The van der Waals surface area contributed by atoms with Gasteiger partial charge in [-0.05, 0) is 54.9 Å². The van der Waals surface area contributed by atoms with Gasteiger partial charge in [0.2, 0.25) is 0 Å². The summed E-state index contributed by atoms with van der Waals surface area (Å²) in [7, 11) is 0. The van der Waals surface area contributed by atoms with Crippen molar-refractivity contribution in [2.75, 3.05) is 0 Å². The van der Waals surface area contributed by atoms with Crippen LogP contribution in [-0.4, -0.2) is 5.11 Å². The van der Waals surface area contributed by atoms with Crippen molar-refractivity contribution in [2.24, 2.45) is 0 Å². The summed E-state index contributed by atoms with van der Waals surface area (Å²) in [6.07, 6.45) is 3.41. The van der Waals surface area contributed by atoms with Crippen LogP contribution >= 0.6 is 0 Å². The number of aliphatic hydroxyl groups is 1. The average Bonchev–Trinajstić information content (AvgIpc) is 2.39. The largest absolute Gasteiger partial charge is 0.384 e. The van der Waals surface area contributed by atoms with Gasteiger partial charge >= 0.3 is 0 Å². The first-order chi connectivity index (χ1) is 9.65. The van der Waals surface area contributed by atoms with Gasteiger partial charge in [0.25, 0.3) is 0 Å². The normalized spacial score (nSPS) is 16.8. The lowest BCUT2D eigenvalue weighted by molar-refractivity contribution is 0.219. The van der Waals surface area contributed by atoms with Gasteiger partial charge in [-0.3, -0.25) is 0 Å². The summed E-state index contributed by atoms with van der Waals surface area (Å²) in [4.78, 5) is 0. The molecule has 104 valence electrons. The van der Waals surface area contributed by atoms with E-state index in [1.807, 2.05) is 6.07 Å². The minimum atomic E-state index is -0.519. The lowest BCUT2D eigenvalue weighted by Gasteiger charge is -2.26. The molecule has 1 fully saturated rings. The smallest absolute Gasteiger partial charge is 0.104 e. The van der Waals surface area contributed by atoms with Crippen LogP contribution in [0.4, 0.5) is 0 Å². The van der Waals surface area contributed by atoms with Crippen LogP contribution in [0.3, 0.4) is 0 Å². The fourth-order valence-electron chi connectivity index (χ4n) is 2.96. The van der Waals surface area contributed by atoms with E-state index in [0.717, 1.165) is 16.7 Å². The third kappa shape index (κ3) is 2.51. The van der Waals surface area contributed by atoms with Crippen molar-refractivity contribution >= 4 is 0 Å². The summed E-state index contributed by atoms with van der Waals surface area (Å²) in [6, 6.07) is 14.8. The maximum absolute atomic E-state index is 10.7. The van der Waals surface area contributed by atoms with Crippen molar-refractivity contribution in [3.8, 4) is 0 Å². The zero-order chi connectivity index (χ0) is 14.1. The van der Waals surface area contributed by atoms with Gasteiger partial charge in [0.15, 0.2) is 0 Å². The monoisotopic (exact) mass is 266 g/mol. The second-order valence-electron chi connectivity index (χ2n) is 6.06. The second kappa shape index (κ2) is 5.41. The van der Waals surface area contributed by atoms with E-state index in [4.69, 9.17) is 0 Å². The molecule has 0 aromatic heterocycles. The minimum absolute atomic E-state index is 0.519. The Hall–Kier alpha value is -1.60. The van der Waals surface area contributed by atoms with E-state index in [0.29, 0.717) is 5.92 Å². The second-order valence-corrected chi connectivity index (χ2v) is 6.06. The van der Waals surface area contributed by atoms with Gasteiger partial charge in [0.05, 0.1) is 0 Å². The van der Waals surface area contributed by atoms with E-state index >= 15 is 0 Å². The lowest BCUT2D eigenvalue weighted by atomic mass is 9.79. The summed E-state index contributed by atoms with van der Waals surface area (Å²) < 4.78 is 0. The minimum Gasteiger partial charge on any atom is -0.384 e. The lowest BCUT2D eigenvalue weighted by Crippen LogP contribution is -2.10. The van der Waals surface area contributed by atoms with E-state index in [-0.39, 0.29) is 0 Å². The van der Waals surface area contributed by atoms with Crippen molar-refractivity contribution in [2.45, 2.75) is 45.1 Å². The molecule has 0 saturated heterocycles. The molecule has 1 aliphatic carbocycles. The zero-order valence-electron chi connectivity index (χ0n) is 12.3. The molecule has 1 unspecified atom stereocenters. The first-order valence-electron chi connectivity index (χ1n) is 7.50. The van der Waals surface area contributed by atoms with E-state index in [1.54, 1.807) is 0 Å². The molecule has 0 aliphatic heterocycles. The number of hydrogen-bond donors (Lipinski definition) is 1. The molecule has 20 heavy (non-hydrogen) atoms. The Bertz CT molecular complexity index is 611. The van der Waals surface area contributed by atoms with Gasteiger partial charge < -0.3 is 5.11 Å². The summed E-state index contributed by atoms with van der Waals surface area (Å²) >= 11 is 0. The molecule has 1 heteroatoms. The highest BCUT2D eigenvalue weighted by molar-refractivity contribution is 5.39. The van der Waals surface area contributed by atoms with Gasteiger partial charge in [0.1, 0.15) is 6.10 Å². The quantitative estimate of drug-likeness (QED) is 0.857. The van der Waals surface area contributed by atoms with Crippen molar-refractivity contribution < 1.29 is 5.11 Å². The summed E-state index contributed by atoms with van der Waals surface area (Å²) in [6.45, 7) is 4.13. The van der Waals surface area contributed by atoms with E-state index in [9.17, 15) is 5.11 Å². The molecule has 0 radical (unpaired) electrons. The molecule has 1 nitrogen and oxygen atoms in total. The van der Waals surface area contributed by atoms with Crippen molar-refractivity contribution in [3.05, 3.63) is 70.3 Å². The number of benzene rings is 2. The van der Waals surface area contributed by atoms with Gasteiger partial charge in [-0.2, -0.15) is 0 Å². The van der Waals surface area contributed by atoms with Gasteiger partial charge in [-0.15, -0.1) is 0 Å². The van der Waals surface area contributed by atoms with Crippen LogP contribution in [0.2, 0.25) is 0 Å². The Morgan fingerprint density at radius 2 is 1.85 bits per heavy atom. The fourth-order valence-corrected chi connectivity index (χ4v) is 2.96. The van der Waals surface area contributed by atoms with E-state index in [1.165, 1.54) is 30.4 Å². The number of aliphatic hydroxyl groups excluding tert-OH is 1. The first kappa shape index (κ1) is 13.4. The SMILES string of the molecule is Cc1ccc(C)c(C(O)c2cccc(C3CCC3)c2)c1. The molecule has 0 bridgehead atoms. The summed E-state index contributed by atoms with van der Waals surface area (Å²) in [5.41, 5.74) is 5.77. The topological polar surface area (TPSA) is 20.2 Å². The molecule has 1 atom stereocenters. The Morgan fingerprint density at radius 3 is 2.55 bits per heavy atom. The standard InChI is InChI=1S/C19H22O/c1-13-9-10-14(2)18(11-13)19(20)17-8-4-7-16(12-17)15-5-3-6-15/h4,7-12,15,19-20H,3,5-6H2,1-2H3. The molecular weight excluding hydrogens is 244 g/mol. The summed E-state index contributed by atoms with van der Waals surface area (Å²) in [5.74, 6) is 0.709. The third-order valence-corrected chi connectivity index (χ3v) is 4.53. The Kier molecular flexibility index (Phi) is 3.62. The molecule has 1 aliphatic rings. The van der Waals surface area contributed by atoms with Crippen LogP contribution in [0.5, 0.6) is 0 Å². The maximum Gasteiger partial charge on any atom is 0.104 e. The maximum atomic E-state index is 10.7. The Morgan fingerprint density at radius 1 is 1.05 bits per heavy atom. The Balaban J connectivity index is 1.93. The van der Waals surface area contributed by atoms with Crippen molar-refractivity contribution in [3.63, 3.8) is 0 Å². The number of rotatable bonds is 3. The van der Waals surface area contributed by atoms with Crippen LogP contribution < -0.4 is 0 Å². The van der Waals surface area contributed by atoms with Gasteiger partial charge in [0, 0.05) is 0 Å². The van der Waals surface area contributed by atoms with Crippen molar-refractivity contribution in [1.82, 2.24) is 0 Å². The highest BCUT2D eigenvalue weighted by Gasteiger charge is 2.21. The van der Waals surface area contributed by atoms with Crippen LogP contribution in [0.25, 0.3) is 0 Å². The highest BCUT2D eigenvalue weighted by atomic mass is 16.3. The molecule has 1 N–H and O–H groups in total. The molecule has 0 amide bonds. The molecule has 3 rings (SSSR count). The Labute approximate surface area is 121 Å². The number of aryl methyl sites for hydroxylation is 2. The molecule has 0 heterocycles. The highest BCUT2D eigenvalue weighted by Crippen LogP contribution is 2.37. The zero-order valence-corrected chi connectivity index (χ0v) is 12.3. The van der Waals surface area contributed by atoms with Crippen LogP contribution in [0.15, 0.2) is 42.5 Å². The molecule has 0 spiro atoms. The molecular formula is C19H22O. The molecule has 2 aromatic rings. The fraction of sp³-hybridized carbons (Fsp3) is 0.368. The third-order valence-electron chi connectivity index (χ3n) is 4.53. The van der Waals surface area contributed by atoms with Crippen LogP contribution in [0.1, 0.15) is 59.1 Å². The van der Waals surface area contributed by atoms with Crippen molar-refractivity contribution in [1.29, 1.82) is 0 Å². The van der Waals surface area contributed by atoms with Crippen LogP contribution in [0, 0.1) is 13.8 Å². The molecule has 2 aromatic carbocycles.